The zero-order valence-electron chi connectivity index (χ0n) is 9.15. The van der Waals surface area contributed by atoms with Crippen LogP contribution in [0.15, 0.2) is 18.2 Å². The fourth-order valence-electron chi connectivity index (χ4n) is 1.15. The summed E-state index contributed by atoms with van der Waals surface area (Å²) in [7, 11) is 0. The van der Waals surface area contributed by atoms with E-state index in [1.165, 1.54) is 6.07 Å². The molecule has 0 saturated heterocycles. The predicted molar refractivity (Wildman–Crippen MR) is 65.0 cm³/mol. The molecular weight excluding hydrogens is 267 g/mol. The highest BCUT2D eigenvalue weighted by atomic mass is 35.5. The Kier molecular flexibility index (Phi) is 5.55. The van der Waals surface area contributed by atoms with Crippen molar-refractivity contribution in [1.82, 2.24) is 0 Å². The Bertz CT molecular complexity index is 395. The quantitative estimate of drug-likeness (QED) is 0.869. The molecule has 0 radical (unpaired) electrons. The van der Waals surface area contributed by atoms with Crippen molar-refractivity contribution in [3.05, 3.63) is 28.2 Å². The smallest absolute Gasteiger partial charge is 0.336 e. The summed E-state index contributed by atoms with van der Waals surface area (Å²) in [6, 6.07) is 4.72. The molecular formula is C11H12Cl2O4. The molecule has 0 bridgehead atoms. The number of hydrogen-bond acceptors (Lipinski definition) is 3. The molecule has 0 aliphatic carbocycles. The highest BCUT2D eigenvalue weighted by Crippen LogP contribution is 2.27. The van der Waals surface area contributed by atoms with E-state index < -0.39 is 12.1 Å². The Hall–Kier alpha value is -0.970. The largest absolute Gasteiger partial charge is 0.489 e. The van der Waals surface area contributed by atoms with Crippen molar-refractivity contribution in [3.8, 4) is 5.75 Å². The summed E-state index contributed by atoms with van der Waals surface area (Å²) >= 11 is 11.6. The molecule has 0 saturated carbocycles. The second-order valence-corrected chi connectivity index (χ2v) is 4.01. The van der Waals surface area contributed by atoms with E-state index >= 15 is 0 Å². The third-order valence-electron chi connectivity index (χ3n) is 1.93. The van der Waals surface area contributed by atoms with Crippen LogP contribution in [0.5, 0.6) is 5.75 Å². The summed E-state index contributed by atoms with van der Waals surface area (Å²) in [6.07, 6.45) is -1.02. The highest BCUT2D eigenvalue weighted by Gasteiger charge is 2.18. The molecule has 4 nitrogen and oxygen atoms in total. The average molecular weight is 279 g/mol. The van der Waals surface area contributed by atoms with Gasteiger partial charge in [-0.15, -0.1) is 0 Å². The molecule has 0 fully saturated rings. The van der Waals surface area contributed by atoms with Crippen molar-refractivity contribution in [2.24, 2.45) is 0 Å². The monoisotopic (exact) mass is 278 g/mol. The minimum Gasteiger partial charge on any atom is -0.489 e. The van der Waals surface area contributed by atoms with Crippen LogP contribution in [0.1, 0.15) is 6.92 Å². The number of benzene rings is 1. The van der Waals surface area contributed by atoms with Crippen molar-refractivity contribution in [1.29, 1.82) is 0 Å². The summed E-state index contributed by atoms with van der Waals surface area (Å²) in [5.74, 6) is -0.741. The van der Waals surface area contributed by atoms with Crippen LogP contribution in [0.3, 0.4) is 0 Å². The van der Waals surface area contributed by atoms with Crippen LogP contribution >= 0.6 is 23.2 Å². The van der Waals surface area contributed by atoms with E-state index in [1.54, 1.807) is 19.1 Å². The second-order valence-electron chi connectivity index (χ2n) is 3.17. The Balaban J connectivity index is 2.64. The Labute approximate surface area is 109 Å². The second kappa shape index (κ2) is 6.69. The van der Waals surface area contributed by atoms with E-state index in [0.29, 0.717) is 22.4 Å². The molecule has 17 heavy (non-hydrogen) atoms. The first-order chi connectivity index (χ1) is 8.04. The van der Waals surface area contributed by atoms with Crippen LogP contribution in [-0.2, 0) is 9.53 Å². The number of aliphatic carboxylic acids is 1. The SMILES string of the molecule is CCOC(COc1cc(Cl)ccc1Cl)C(=O)O. The first kappa shape index (κ1) is 14.1. The van der Waals surface area contributed by atoms with Gasteiger partial charge in [0.15, 0.2) is 6.10 Å². The minimum absolute atomic E-state index is 0.122. The zero-order chi connectivity index (χ0) is 12.8. The van der Waals surface area contributed by atoms with E-state index in [9.17, 15) is 4.79 Å². The average Bonchev–Trinajstić information content (AvgIpc) is 2.28. The number of carboxylic acid groups (broad SMARTS) is 1. The number of rotatable bonds is 6. The third kappa shape index (κ3) is 4.42. The normalized spacial score (nSPS) is 12.2. The Morgan fingerprint density at radius 1 is 1.47 bits per heavy atom. The number of carbonyl (C=O) groups is 1. The van der Waals surface area contributed by atoms with Crippen molar-refractivity contribution < 1.29 is 19.4 Å². The van der Waals surface area contributed by atoms with Crippen molar-refractivity contribution in [3.63, 3.8) is 0 Å². The number of carboxylic acids is 1. The standard InChI is InChI=1S/C11H12Cl2O4/c1-2-16-10(11(14)15)6-17-9-5-7(12)3-4-8(9)13/h3-5,10H,2,6H2,1H3,(H,14,15). The van der Waals surface area contributed by atoms with E-state index in [4.69, 9.17) is 37.8 Å². The van der Waals surface area contributed by atoms with Crippen LogP contribution in [0.25, 0.3) is 0 Å². The van der Waals surface area contributed by atoms with Crippen LogP contribution in [0, 0.1) is 0 Å². The Morgan fingerprint density at radius 3 is 2.76 bits per heavy atom. The fourth-order valence-corrected chi connectivity index (χ4v) is 1.48. The minimum atomic E-state index is -1.08. The zero-order valence-corrected chi connectivity index (χ0v) is 10.7. The van der Waals surface area contributed by atoms with E-state index in [1.807, 2.05) is 0 Å². The maximum absolute atomic E-state index is 10.8. The molecule has 0 aromatic heterocycles. The molecule has 0 amide bonds. The number of ether oxygens (including phenoxy) is 2. The third-order valence-corrected chi connectivity index (χ3v) is 2.47. The van der Waals surface area contributed by atoms with Gasteiger partial charge in [0.05, 0.1) is 5.02 Å². The van der Waals surface area contributed by atoms with Crippen LogP contribution < -0.4 is 4.74 Å². The summed E-state index contributed by atoms with van der Waals surface area (Å²) in [5.41, 5.74) is 0. The molecule has 1 aromatic carbocycles. The first-order valence-electron chi connectivity index (χ1n) is 4.96. The van der Waals surface area contributed by atoms with Crippen LogP contribution in [0.2, 0.25) is 10.0 Å². The number of hydrogen-bond donors (Lipinski definition) is 1. The van der Waals surface area contributed by atoms with E-state index in [-0.39, 0.29) is 6.61 Å². The topological polar surface area (TPSA) is 55.8 Å². The van der Waals surface area contributed by atoms with Gasteiger partial charge < -0.3 is 14.6 Å². The molecule has 1 unspecified atom stereocenters. The summed E-state index contributed by atoms with van der Waals surface area (Å²) < 4.78 is 10.3. The summed E-state index contributed by atoms with van der Waals surface area (Å²) in [5, 5.41) is 9.68. The predicted octanol–water partition coefficient (Wildman–Crippen LogP) is 2.86. The van der Waals surface area contributed by atoms with Gasteiger partial charge in [-0.05, 0) is 19.1 Å². The molecule has 1 aromatic rings. The lowest BCUT2D eigenvalue weighted by molar-refractivity contribution is -0.152. The molecule has 0 spiro atoms. The van der Waals surface area contributed by atoms with Gasteiger partial charge in [-0.2, -0.15) is 0 Å². The maximum Gasteiger partial charge on any atom is 0.336 e. The Morgan fingerprint density at radius 2 is 2.18 bits per heavy atom. The number of halogens is 2. The van der Waals surface area contributed by atoms with Gasteiger partial charge in [0.1, 0.15) is 12.4 Å². The van der Waals surface area contributed by atoms with Crippen molar-refractivity contribution in [2.45, 2.75) is 13.0 Å². The molecule has 1 rings (SSSR count). The molecule has 0 heterocycles. The van der Waals surface area contributed by atoms with Crippen LogP contribution in [-0.4, -0.2) is 30.4 Å². The van der Waals surface area contributed by atoms with Crippen molar-refractivity contribution >= 4 is 29.2 Å². The van der Waals surface area contributed by atoms with E-state index in [2.05, 4.69) is 0 Å². The lowest BCUT2D eigenvalue weighted by Crippen LogP contribution is -2.30. The molecule has 1 N–H and O–H groups in total. The molecule has 0 aliphatic rings. The van der Waals surface area contributed by atoms with Gasteiger partial charge in [-0.25, -0.2) is 4.79 Å². The van der Waals surface area contributed by atoms with Gasteiger partial charge >= 0.3 is 5.97 Å². The highest BCUT2D eigenvalue weighted by molar-refractivity contribution is 6.34. The molecule has 1 atom stereocenters. The van der Waals surface area contributed by atoms with E-state index in [0.717, 1.165) is 0 Å². The summed E-state index contributed by atoms with van der Waals surface area (Å²) in [4.78, 5) is 10.8. The van der Waals surface area contributed by atoms with Gasteiger partial charge in [0.25, 0.3) is 0 Å². The lowest BCUT2D eigenvalue weighted by atomic mass is 10.3. The maximum atomic E-state index is 10.8. The van der Waals surface area contributed by atoms with Crippen LogP contribution in [0.4, 0.5) is 0 Å². The summed E-state index contributed by atoms with van der Waals surface area (Å²) in [6.45, 7) is 1.88. The van der Waals surface area contributed by atoms with Gasteiger partial charge in [0.2, 0.25) is 0 Å². The fraction of sp³-hybridized carbons (Fsp3) is 0.364. The van der Waals surface area contributed by atoms with Gasteiger partial charge in [-0.1, -0.05) is 23.2 Å². The lowest BCUT2D eigenvalue weighted by Gasteiger charge is -2.14. The molecule has 94 valence electrons. The molecule has 6 heteroatoms. The van der Waals surface area contributed by atoms with Gasteiger partial charge in [0, 0.05) is 17.7 Å². The first-order valence-corrected chi connectivity index (χ1v) is 5.72. The van der Waals surface area contributed by atoms with Gasteiger partial charge in [-0.3, -0.25) is 0 Å². The van der Waals surface area contributed by atoms with Crippen molar-refractivity contribution in [2.75, 3.05) is 13.2 Å². The molecule has 0 aliphatic heterocycles.